The van der Waals surface area contributed by atoms with Crippen molar-refractivity contribution in [3.05, 3.63) is 15.8 Å². The second kappa shape index (κ2) is 5.97. The highest BCUT2D eigenvalue weighted by atomic mass is 35.5. The Labute approximate surface area is 143 Å². The molecule has 1 fully saturated rings. The lowest BCUT2D eigenvalue weighted by Gasteiger charge is -2.36. The van der Waals surface area contributed by atoms with E-state index >= 15 is 0 Å². The van der Waals surface area contributed by atoms with Crippen LogP contribution in [0.1, 0.15) is 20.8 Å². The van der Waals surface area contributed by atoms with Gasteiger partial charge >= 0.3 is 11.8 Å². The first-order chi connectivity index (χ1) is 11.2. The van der Waals surface area contributed by atoms with Crippen molar-refractivity contribution in [1.29, 1.82) is 0 Å². The van der Waals surface area contributed by atoms with E-state index in [2.05, 4.69) is 19.9 Å². The summed E-state index contributed by atoms with van der Waals surface area (Å²) in [6.45, 7) is 7.60. The maximum atomic E-state index is 12.1. The van der Waals surface area contributed by atoms with Crippen molar-refractivity contribution in [1.82, 2.24) is 24.8 Å². The highest BCUT2D eigenvalue weighted by Crippen LogP contribution is 2.23. The minimum Gasteiger partial charge on any atom is -0.444 e. The number of amides is 1. The number of aromatic nitrogens is 4. The third-order valence-corrected chi connectivity index (χ3v) is 3.73. The Bertz CT molecular complexity index is 816. The van der Waals surface area contributed by atoms with Crippen molar-refractivity contribution < 1.29 is 9.53 Å². The summed E-state index contributed by atoms with van der Waals surface area (Å²) in [7, 11) is 0. The Kier molecular flexibility index (Phi) is 4.12. The fraction of sp³-hybridized carbons (Fsp3) is 0.571. The van der Waals surface area contributed by atoms with Crippen LogP contribution >= 0.6 is 11.6 Å². The second-order valence-corrected chi connectivity index (χ2v) is 6.91. The van der Waals surface area contributed by atoms with Gasteiger partial charge in [-0.15, -0.1) is 0 Å². The third-order valence-electron chi connectivity index (χ3n) is 3.56. The molecule has 9 nitrogen and oxygen atoms in total. The standard InChI is InChI=1S/C14H19ClN6O3/c1-14(2,3)24-13(23)21-6-4-20(5-7-21)10-8-9(17-11(15)19-10)18-12(22)16-8/h4-7H2,1-3H3,(H2,16,17,18,19,22). The highest BCUT2D eigenvalue weighted by molar-refractivity contribution is 6.28. The van der Waals surface area contributed by atoms with Crippen LogP contribution in [0.3, 0.4) is 0 Å². The maximum absolute atomic E-state index is 12.1. The number of piperazine rings is 1. The molecular weight excluding hydrogens is 336 g/mol. The van der Waals surface area contributed by atoms with Crippen molar-refractivity contribution in [3.63, 3.8) is 0 Å². The molecular formula is C14H19ClN6O3. The summed E-state index contributed by atoms with van der Waals surface area (Å²) in [5.74, 6) is 0.548. The van der Waals surface area contributed by atoms with E-state index in [4.69, 9.17) is 16.3 Å². The molecule has 3 rings (SSSR count). The third kappa shape index (κ3) is 3.45. The van der Waals surface area contributed by atoms with E-state index in [1.807, 2.05) is 25.7 Å². The Hall–Kier alpha value is -2.29. The van der Waals surface area contributed by atoms with Crippen molar-refractivity contribution in [2.75, 3.05) is 31.1 Å². The number of rotatable bonds is 1. The summed E-state index contributed by atoms with van der Waals surface area (Å²) in [6, 6.07) is 0. The number of fused-ring (bicyclic) bond motifs is 1. The van der Waals surface area contributed by atoms with Crippen molar-refractivity contribution in [3.8, 4) is 0 Å². The molecule has 0 aromatic carbocycles. The molecule has 0 radical (unpaired) electrons. The number of aromatic amines is 2. The zero-order valence-corrected chi connectivity index (χ0v) is 14.5. The fourth-order valence-corrected chi connectivity index (χ4v) is 2.70. The van der Waals surface area contributed by atoms with Gasteiger partial charge in [0.2, 0.25) is 5.28 Å². The molecule has 0 aliphatic carbocycles. The van der Waals surface area contributed by atoms with Gasteiger partial charge in [0.1, 0.15) is 11.1 Å². The number of halogens is 1. The summed E-state index contributed by atoms with van der Waals surface area (Å²) in [6.07, 6.45) is -0.330. The average Bonchev–Trinajstić information content (AvgIpc) is 2.84. The zero-order valence-electron chi connectivity index (χ0n) is 13.7. The van der Waals surface area contributed by atoms with Crippen LogP contribution in [0.15, 0.2) is 4.79 Å². The van der Waals surface area contributed by atoms with Crippen LogP contribution in [0, 0.1) is 0 Å². The predicted octanol–water partition coefficient (Wildman–Crippen LogP) is 1.36. The highest BCUT2D eigenvalue weighted by Gasteiger charge is 2.27. The molecule has 0 bridgehead atoms. The van der Waals surface area contributed by atoms with Crippen LogP contribution in [0.4, 0.5) is 10.6 Å². The quantitative estimate of drug-likeness (QED) is 0.749. The smallest absolute Gasteiger partial charge is 0.410 e. The molecule has 1 amide bonds. The van der Waals surface area contributed by atoms with Gasteiger partial charge in [-0.05, 0) is 32.4 Å². The number of ether oxygens (including phenoxy) is 1. The molecule has 0 atom stereocenters. The van der Waals surface area contributed by atoms with Crippen molar-refractivity contribution in [2.24, 2.45) is 0 Å². The molecule has 24 heavy (non-hydrogen) atoms. The molecule has 2 aromatic heterocycles. The van der Waals surface area contributed by atoms with Gasteiger partial charge in [-0.1, -0.05) is 0 Å². The van der Waals surface area contributed by atoms with Crippen LogP contribution in [-0.4, -0.2) is 62.7 Å². The number of carbonyl (C=O) groups excluding carboxylic acids is 1. The molecule has 0 unspecified atom stereocenters. The van der Waals surface area contributed by atoms with Gasteiger partial charge in [0.05, 0.1) is 0 Å². The number of carbonyl (C=O) groups is 1. The summed E-state index contributed by atoms with van der Waals surface area (Å²) in [4.78, 5) is 40.7. The number of nitrogens with one attached hydrogen (secondary N) is 2. The number of nitrogens with zero attached hydrogens (tertiary/aromatic N) is 4. The van der Waals surface area contributed by atoms with E-state index < -0.39 is 5.60 Å². The van der Waals surface area contributed by atoms with Gasteiger partial charge in [-0.25, -0.2) is 9.59 Å². The minimum atomic E-state index is -0.523. The first-order valence-corrected chi connectivity index (χ1v) is 7.99. The van der Waals surface area contributed by atoms with E-state index in [0.717, 1.165) is 0 Å². The van der Waals surface area contributed by atoms with Crippen LogP contribution in [-0.2, 0) is 4.74 Å². The Morgan fingerprint density at radius 2 is 1.83 bits per heavy atom. The fourth-order valence-electron chi connectivity index (χ4n) is 2.54. The van der Waals surface area contributed by atoms with E-state index in [1.54, 1.807) is 4.90 Å². The lowest BCUT2D eigenvalue weighted by atomic mass is 10.2. The number of H-pyrrole nitrogens is 2. The maximum Gasteiger partial charge on any atom is 0.410 e. The van der Waals surface area contributed by atoms with E-state index in [9.17, 15) is 9.59 Å². The Balaban J connectivity index is 1.76. The van der Waals surface area contributed by atoms with E-state index in [-0.39, 0.29) is 17.1 Å². The molecule has 2 N–H and O–H groups in total. The molecule has 2 aromatic rings. The minimum absolute atomic E-state index is 0.0577. The topological polar surface area (TPSA) is 107 Å². The normalized spacial score (nSPS) is 15.8. The molecule has 0 spiro atoms. The summed E-state index contributed by atoms with van der Waals surface area (Å²) >= 11 is 5.93. The first-order valence-electron chi connectivity index (χ1n) is 7.61. The molecule has 1 aliphatic rings. The lowest BCUT2D eigenvalue weighted by molar-refractivity contribution is 0.0240. The molecule has 1 aliphatic heterocycles. The summed E-state index contributed by atoms with van der Waals surface area (Å²) < 4.78 is 5.38. The van der Waals surface area contributed by atoms with Crippen LogP contribution < -0.4 is 10.6 Å². The molecule has 1 saturated heterocycles. The first kappa shape index (κ1) is 16.6. The molecule has 10 heteroatoms. The largest absolute Gasteiger partial charge is 0.444 e. The molecule has 3 heterocycles. The Morgan fingerprint density at radius 3 is 2.46 bits per heavy atom. The average molecular weight is 355 g/mol. The van der Waals surface area contributed by atoms with E-state index in [1.165, 1.54) is 0 Å². The molecule has 0 saturated carbocycles. The number of hydrogen-bond donors (Lipinski definition) is 2. The SMILES string of the molecule is CC(C)(C)OC(=O)N1CCN(c2nc(Cl)nc3[nH]c(=O)[nH]c23)CC1. The van der Waals surface area contributed by atoms with Gasteiger partial charge in [0.15, 0.2) is 11.5 Å². The van der Waals surface area contributed by atoms with Gasteiger partial charge in [0, 0.05) is 26.2 Å². The monoisotopic (exact) mass is 354 g/mol. The lowest BCUT2D eigenvalue weighted by Crippen LogP contribution is -2.50. The van der Waals surface area contributed by atoms with Gasteiger partial charge in [-0.2, -0.15) is 9.97 Å². The molecule has 130 valence electrons. The zero-order chi connectivity index (χ0) is 17.5. The number of imidazole rings is 1. The van der Waals surface area contributed by atoms with Crippen molar-refractivity contribution >= 4 is 34.7 Å². The Morgan fingerprint density at radius 1 is 1.17 bits per heavy atom. The number of anilines is 1. The van der Waals surface area contributed by atoms with Crippen LogP contribution in [0.2, 0.25) is 5.28 Å². The van der Waals surface area contributed by atoms with Gasteiger partial charge in [0.25, 0.3) is 0 Å². The van der Waals surface area contributed by atoms with Gasteiger partial charge < -0.3 is 19.5 Å². The summed E-state index contributed by atoms with van der Waals surface area (Å²) in [5, 5.41) is 0.0577. The van der Waals surface area contributed by atoms with Gasteiger partial charge in [-0.3, -0.25) is 4.98 Å². The van der Waals surface area contributed by atoms with Crippen LogP contribution in [0.5, 0.6) is 0 Å². The van der Waals surface area contributed by atoms with E-state index in [0.29, 0.717) is 43.2 Å². The summed E-state index contributed by atoms with van der Waals surface area (Å²) in [5.41, 5.74) is -0.0135. The van der Waals surface area contributed by atoms with Crippen molar-refractivity contribution in [2.45, 2.75) is 26.4 Å². The number of hydrogen-bond acceptors (Lipinski definition) is 6. The second-order valence-electron chi connectivity index (χ2n) is 6.57. The predicted molar refractivity (Wildman–Crippen MR) is 89.5 cm³/mol. The van der Waals surface area contributed by atoms with Crippen LogP contribution in [0.25, 0.3) is 11.2 Å².